The third kappa shape index (κ3) is 4.99. The Kier molecular flexibility index (Phi) is 6.43. The molecule has 0 radical (unpaired) electrons. The highest BCUT2D eigenvalue weighted by atomic mass is 16.5. The fourth-order valence-electron chi connectivity index (χ4n) is 1.50. The Morgan fingerprint density at radius 2 is 2.16 bits per heavy atom. The molecule has 0 fully saturated rings. The zero-order valence-electron chi connectivity index (χ0n) is 11.2. The molecule has 0 aliphatic rings. The summed E-state index contributed by atoms with van der Waals surface area (Å²) in [6.07, 6.45) is 1.56. The van der Waals surface area contributed by atoms with Gasteiger partial charge in [-0.05, 0) is 25.5 Å². The molecule has 0 aliphatic heterocycles. The smallest absolute Gasteiger partial charge is 0.305 e. The van der Waals surface area contributed by atoms with Crippen molar-refractivity contribution in [3.05, 3.63) is 23.8 Å². The summed E-state index contributed by atoms with van der Waals surface area (Å²) in [6, 6.07) is 4.97. The Balaban J connectivity index is 2.47. The number of aldehydes is 1. The van der Waals surface area contributed by atoms with Crippen LogP contribution in [0, 0.1) is 0 Å². The average molecular weight is 266 g/mol. The molecule has 0 amide bonds. The van der Waals surface area contributed by atoms with E-state index in [4.69, 9.17) is 14.2 Å². The molecule has 0 N–H and O–H groups in total. The normalized spacial score (nSPS) is 9.79. The number of carbonyl (C=O) groups excluding carboxylic acids is 2. The van der Waals surface area contributed by atoms with Crippen LogP contribution in [0.5, 0.6) is 11.5 Å². The van der Waals surface area contributed by atoms with Crippen molar-refractivity contribution in [2.45, 2.75) is 19.8 Å². The van der Waals surface area contributed by atoms with Crippen LogP contribution < -0.4 is 9.47 Å². The summed E-state index contributed by atoms with van der Waals surface area (Å²) in [7, 11) is 1.54. The molecule has 0 aliphatic carbocycles. The van der Waals surface area contributed by atoms with Crippen LogP contribution in [-0.4, -0.2) is 32.6 Å². The van der Waals surface area contributed by atoms with Gasteiger partial charge in [-0.2, -0.15) is 0 Å². The maximum Gasteiger partial charge on any atom is 0.305 e. The highest BCUT2D eigenvalue weighted by Crippen LogP contribution is 2.23. The Morgan fingerprint density at radius 3 is 2.79 bits per heavy atom. The number of hydrogen-bond donors (Lipinski definition) is 0. The number of carbonyl (C=O) groups is 2. The van der Waals surface area contributed by atoms with E-state index in [-0.39, 0.29) is 5.97 Å². The summed E-state index contributed by atoms with van der Waals surface area (Å²) >= 11 is 0. The molecule has 19 heavy (non-hydrogen) atoms. The number of rotatable bonds is 8. The van der Waals surface area contributed by atoms with Crippen molar-refractivity contribution < 1.29 is 23.8 Å². The van der Waals surface area contributed by atoms with E-state index in [0.29, 0.717) is 43.1 Å². The molecule has 5 heteroatoms. The van der Waals surface area contributed by atoms with Crippen LogP contribution in [0.15, 0.2) is 18.2 Å². The number of ether oxygens (including phenoxy) is 3. The molecule has 1 aromatic carbocycles. The van der Waals surface area contributed by atoms with Gasteiger partial charge in [-0.3, -0.25) is 9.59 Å². The molecule has 1 rings (SSSR count). The highest BCUT2D eigenvalue weighted by Gasteiger charge is 2.06. The minimum Gasteiger partial charge on any atom is -0.497 e. The van der Waals surface area contributed by atoms with Crippen LogP contribution in [0.4, 0.5) is 0 Å². The maximum absolute atomic E-state index is 11.1. The molecule has 0 bridgehead atoms. The summed E-state index contributed by atoms with van der Waals surface area (Å²) in [5.74, 6) is 0.830. The van der Waals surface area contributed by atoms with Gasteiger partial charge in [-0.1, -0.05) is 0 Å². The lowest BCUT2D eigenvalue weighted by Crippen LogP contribution is -2.07. The minimum atomic E-state index is -0.243. The molecule has 0 unspecified atom stereocenters. The predicted molar refractivity (Wildman–Crippen MR) is 69.7 cm³/mol. The van der Waals surface area contributed by atoms with Gasteiger partial charge in [0.15, 0.2) is 6.29 Å². The predicted octanol–water partition coefficient (Wildman–Crippen LogP) is 2.23. The zero-order valence-corrected chi connectivity index (χ0v) is 11.2. The van der Waals surface area contributed by atoms with E-state index < -0.39 is 0 Å². The van der Waals surface area contributed by atoms with Crippen LogP contribution in [0.1, 0.15) is 30.1 Å². The molecule has 0 atom stereocenters. The van der Waals surface area contributed by atoms with Gasteiger partial charge in [-0.25, -0.2) is 0 Å². The number of hydrogen-bond acceptors (Lipinski definition) is 5. The summed E-state index contributed by atoms with van der Waals surface area (Å²) in [4.78, 5) is 22.0. The van der Waals surface area contributed by atoms with Gasteiger partial charge in [0.1, 0.15) is 11.5 Å². The Hall–Kier alpha value is -2.04. The van der Waals surface area contributed by atoms with E-state index in [1.165, 1.54) is 0 Å². The second-order valence-electron chi connectivity index (χ2n) is 3.78. The number of methoxy groups -OCH3 is 1. The Bertz CT molecular complexity index is 428. The van der Waals surface area contributed by atoms with Gasteiger partial charge in [0.2, 0.25) is 0 Å². The van der Waals surface area contributed by atoms with Gasteiger partial charge in [0.05, 0.1) is 25.9 Å². The SMILES string of the molecule is CCOC(=O)CCCOc1cc(OC)ccc1C=O. The molecular weight excluding hydrogens is 248 g/mol. The molecule has 0 saturated carbocycles. The molecule has 1 aromatic rings. The number of esters is 1. The van der Waals surface area contributed by atoms with Crippen molar-refractivity contribution in [2.75, 3.05) is 20.3 Å². The first-order chi connectivity index (χ1) is 9.21. The highest BCUT2D eigenvalue weighted by molar-refractivity contribution is 5.79. The van der Waals surface area contributed by atoms with E-state index in [1.54, 1.807) is 32.2 Å². The standard InChI is InChI=1S/C14H18O5/c1-3-18-14(16)5-4-8-19-13-9-12(17-2)7-6-11(13)10-15/h6-7,9-10H,3-5,8H2,1-2H3. The zero-order chi connectivity index (χ0) is 14.1. The second kappa shape index (κ2) is 8.13. The fraction of sp³-hybridized carbons (Fsp3) is 0.429. The van der Waals surface area contributed by atoms with Crippen LogP contribution in [0.3, 0.4) is 0 Å². The van der Waals surface area contributed by atoms with E-state index in [9.17, 15) is 9.59 Å². The minimum absolute atomic E-state index is 0.243. The quantitative estimate of drug-likeness (QED) is 0.410. The lowest BCUT2D eigenvalue weighted by molar-refractivity contribution is -0.143. The Labute approximate surface area is 112 Å². The first-order valence-electron chi connectivity index (χ1n) is 6.13. The van der Waals surface area contributed by atoms with Crippen LogP contribution in [0.25, 0.3) is 0 Å². The summed E-state index contributed by atoms with van der Waals surface area (Å²) in [6.45, 7) is 2.48. The third-order valence-corrected chi connectivity index (χ3v) is 2.44. The molecular formula is C14H18O5. The van der Waals surface area contributed by atoms with Crippen LogP contribution >= 0.6 is 0 Å². The first-order valence-corrected chi connectivity index (χ1v) is 6.13. The van der Waals surface area contributed by atoms with Crippen molar-refractivity contribution in [3.8, 4) is 11.5 Å². The molecule has 104 valence electrons. The average Bonchev–Trinajstić information content (AvgIpc) is 2.43. The lowest BCUT2D eigenvalue weighted by Gasteiger charge is -2.09. The summed E-state index contributed by atoms with van der Waals surface area (Å²) in [5.41, 5.74) is 0.455. The number of benzene rings is 1. The molecule has 5 nitrogen and oxygen atoms in total. The van der Waals surface area contributed by atoms with Gasteiger partial charge < -0.3 is 14.2 Å². The van der Waals surface area contributed by atoms with Gasteiger partial charge in [0.25, 0.3) is 0 Å². The molecule has 0 heterocycles. The van der Waals surface area contributed by atoms with Gasteiger partial charge in [-0.15, -0.1) is 0 Å². The second-order valence-corrected chi connectivity index (χ2v) is 3.78. The van der Waals surface area contributed by atoms with E-state index >= 15 is 0 Å². The van der Waals surface area contributed by atoms with Crippen molar-refractivity contribution in [2.24, 2.45) is 0 Å². The molecule has 0 saturated heterocycles. The van der Waals surface area contributed by atoms with Crippen molar-refractivity contribution >= 4 is 12.3 Å². The lowest BCUT2D eigenvalue weighted by atomic mass is 10.2. The first kappa shape index (κ1) is 15.0. The van der Waals surface area contributed by atoms with Crippen molar-refractivity contribution in [1.82, 2.24) is 0 Å². The van der Waals surface area contributed by atoms with Crippen LogP contribution in [-0.2, 0) is 9.53 Å². The largest absolute Gasteiger partial charge is 0.497 e. The van der Waals surface area contributed by atoms with E-state index in [2.05, 4.69) is 0 Å². The van der Waals surface area contributed by atoms with E-state index in [0.717, 1.165) is 6.29 Å². The van der Waals surface area contributed by atoms with Crippen LogP contribution in [0.2, 0.25) is 0 Å². The van der Waals surface area contributed by atoms with Gasteiger partial charge in [0, 0.05) is 12.5 Å². The fourth-order valence-corrected chi connectivity index (χ4v) is 1.50. The molecule has 0 spiro atoms. The van der Waals surface area contributed by atoms with Gasteiger partial charge >= 0.3 is 5.97 Å². The maximum atomic E-state index is 11.1. The van der Waals surface area contributed by atoms with Crippen molar-refractivity contribution in [3.63, 3.8) is 0 Å². The Morgan fingerprint density at radius 1 is 1.37 bits per heavy atom. The third-order valence-electron chi connectivity index (χ3n) is 2.44. The molecule has 0 aromatic heterocycles. The monoisotopic (exact) mass is 266 g/mol. The van der Waals surface area contributed by atoms with E-state index in [1.807, 2.05) is 0 Å². The summed E-state index contributed by atoms with van der Waals surface area (Å²) < 4.78 is 15.3. The topological polar surface area (TPSA) is 61.8 Å². The summed E-state index contributed by atoms with van der Waals surface area (Å²) in [5, 5.41) is 0. The van der Waals surface area contributed by atoms with Crippen molar-refractivity contribution in [1.29, 1.82) is 0 Å².